The smallest absolute Gasteiger partial charge is 0.0722 e. The lowest BCUT2D eigenvalue weighted by Crippen LogP contribution is -2.45. The third-order valence-electron chi connectivity index (χ3n) is 1.56. The van der Waals surface area contributed by atoms with Gasteiger partial charge in [-0.2, -0.15) is 0 Å². The summed E-state index contributed by atoms with van der Waals surface area (Å²) in [6.45, 7) is 0. The summed E-state index contributed by atoms with van der Waals surface area (Å²) in [4.78, 5) is 0. The number of ether oxygens (including phenoxy) is 1. The summed E-state index contributed by atoms with van der Waals surface area (Å²) < 4.78 is 4.97. The molecule has 0 bridgehead atoms. The highest BCUT2D eigenvalue weighted by molar-refractivity contribution is 4.83. The van der Waals surface area contributed by atoms with Crippen LogP contribution in [0.15, 0.2) is 0 Å². The summed E-state index contributed by atoms with van der Waals surface area (Å²) in [6.07, 6.45) is 2.65. The van der Waals surface area contributed by atoms with Gasteiger partial charge in [-0.25, -0.2) is 0 Å². The predicted octanol–water partition coefficient (Wildman–Crippen LogP) is 0.123. The SMILES string of the molecule is CO[C@@H]1CCC1N. The molecular weight excluding hydrogens is 90.1 g/mol. The van der Waals surface area contributed by atoms with E-state index in [-0.39, 0.29) is 0 Å². The summed E-state index contributed by atoms with van der Waals surface area (Å²) in [5.74, 6) is 0. The Kier molecular flexibility index (Phi) is 1.30. The Morgan fingerprint density at radius 1 is 1.57 bits per heavy atom. The van der Waals surface area contributed by atoms with Gasteiger partial charge in [0.25, 0.3) is 0 Å². The Labute approximate surface area is 43.6 Å². The molecule has 1 unspecified atom stereocenters. The van der Waals surface area contributed by atoms with Crippen molar-refractivity contribution >= 4 is 0 Å². The van der Waals surface area contributed by atoms with Crippen LogP contribution in [0.1, 0.15) is 12.8 Å². The van der Waals surface area contributed by atoms with Gasteiger partial charge < -0.3 is 10.5 Å². The van der Waals surface area contributed by atoms with Crippen LogP contribution in [-0.4, -0.2) is 19.3 Å². The fourth-order valence-corrected chi connectivity index (χ4v) is 0.788. The van der Waals surface area contributed by atoms with Crippen molar-refractivity contribution in [2.75, 3.05) is 7.11 Å². The normalized spacial score (nSPS) is 40.3. The Morgan fingerprint density at radius 2 is 2.29 bits per heavy atom. The summed E-state index contributed by atoms with van der Waals surface area (Å²) in [7, 11) is 1.71. The van der Waals surface area contributed by atoms with Gasteiger partial charge in [-0.05, 0) is 12.8 Å². The third kappa shape index (κ3) is 0.763. The maximum absolute atomic E-state index is 5.51. The van der Waals surface area contributed by atoms with Gasteiger partial charge >= 0.3 is 0 Å². The molecule has 42 valence electrons. The lowest BCUT2D eigenvalue weighted by Gasteiger charge is -2.31. The van der Waals surface area contributed by atoms with Crippen LogP contribution in [0.4, 0.5) is 0 Å². The molecule has 1 aliphatic carbocycles. The van der Waals surface area contributed by atoms with Crippen LogP contribution in [0, 0.1) is 0 Å². The minimum absolute atomic E-state index is 0.324. The summed E-state index contributed by atoms with van der Waals surface area (Å²) in [6, 6.07) is 0.324. The van der Waals surface area contributed by atoms with Crippen molar-refractivity contribution in [2.24, 2.45) is 5.73 Å². The van der Waals surface area contributed by atoms with Crippen LogP contribution in [0.2, 0.25) is 0 Å². The van der Waals surface area contributed by atoms with Crippen molar-refractivity contribution in [2.45, 2.75) is 25.0 Å². The second-order valence-corrected chi connectivity index (χ2v) is 2.02. The highest BCUT2D eigenvalue weighted by atomic mass is 16.5. The maximum Gasteiger partial charge on any atom is 0.0722 e. The number of methoxy groups -OCH3 is 1. The molecule has 0 aromatic carbocycles. The third-order valence-corrected chi connectivity index (χ3v) is 1.56. The van der Waals surface area contributed by atoms with Gasteiger partial charge in [0.2, 0.25) is 0 Å². The highest BCUT2D eigenvalue weighted by Gasteiger charge is 2.26. The molecule has 7 heavy (non-hydrogen) atoms. The van der Waals surface area contributed by atoms with E-state index in [0.717, 1.165) is 12.8 Å². The van der Waals surface area contributed by atoms with E-state index in [2.05, 4.69) is 0 Å². The van der Waals surface area contributed by atoms with Gasteiger partial charge in [-0.3, -0.25) is 0 Å². The zero-order chi connectivity index (χ0) is 5.28. The minimum atomic E-state index is 0.324. The molecule has 1 fully saturated rings. The predicted molar refractivity (Wildman–Crippen MR) is 28.0 cm³/mol. The van der Waals surface area contributed by atoms with E-state index >= 15 is 0 Å². The first-order valence-electron chi connectivity index (χ1n) is 2.63. The minimum Gasteiger partial charge on any atom is -0.380 e. The summed E-state index contributed by atoms with van der Waals surface area (Å²) in [5.41, 5.74) is 5.51. The average Bonchev–Trinajstić information content (AvgIpc) is 1.65. The second-order valence-electron chi connectivity index (χ2n) is 2.02. The van der Waals surface area contributed by atoms with Gasteiger partial charge in [0.1, 0.15) is 0 Å². The van der Waals surface area contributed by atoms with Gasteiger partial charge in [0.05, 0.1) is 6.10 Å². The molecule has 1 saturated carbocycles. The van der Waals surface area contributed by atoms with Gasteiger partial charge in [-0.15, -0.1) is 0 Å². The molecule has 0 aromatic rings. The van der Waals surface area contributed by atoms with Crippen LogP contribution in [0.3, 0.4) is 0 Å². The number of nitrogens with two attached hydrogens (primary N) is 1. The Morgan fingerprint density at radius 3 is 2.29 bits per heavy atom. The zero-order valence-electron chi connectivity index (χ0n) is 4.55. The molecule has 2 N–H and O–H groups in total. The number of rotatable bonds is 1. The molecule has 1 aliphatic rings. The standard InChI is InChI=1S/C5H11NO/c1-7-5-3-2-4(5)6/h4-5H,2-3,6H2,1H3/t4?,5-/m1/s1. The van der Waals surface area contributed by atoms with Crippen LogP contribution < -0.4 is 5.73 Å². The lowest BCUT2D eigenvalue weighted by molar-refractivity contribution is 0.0213. The number of hydrogen-bond donors (Lipinski definition) is 1. The second kappa shape index (κ2) is 1.80. The van der Waals surface area contributed by atoms with Crippen molar-refractivity contribution in [1.29, 1.82) is 0 Å². The topological polar surface area (TPSA) is 35.2 Å². The average molecular weight is 101 g/mol. The fraction of sp³-hybridized carbons (Fsp3) is 1.00. The molecule has 0 amide bonds. The fourth-order valence-electron chi connectivity index (χ4n) is 0.788. The van der Waals surface area contributed by atoms with Gasteiger partial charge in [-0.1, -0.05) is 0 Å². The van der Waals surface area contributed by atoms with Crippen molar-refractivity contribution < 1.29 is 4.74 Å². The van der Waals surface area contributed by atoms with E-state index in [4.69, 9.17) is 10.5 Å². The van der Waals surface area contributed by atoms with Crippen molar-refractivity contribution in [3.05, 3.63) is 0 Å². The first kappa shape index (κ1) is 5.06. The molecule has 0 heterocycles. The van der Waals surface area contributed by atoms with Crippen molar-refractivity contribution in [3.8, 4) is 0 Å². The monoisotopic (exact) mass is 101 g/mol. The maximum atomic E-state index is 5.51. The lowest BCUT2D eigenvalue weighted by atomic mass is 9.90. The van der Waals surface area contributed by atoms with Crippen LogP contribution >= 0.6 is 0 Å². The van der Waals surface area contributed by atoms with E-state index < -0.39 is 0 Å². The van der Waals surface area contributed by atoms with E-state index in [9.17, 15) is 0 Å². The van der Waals surface area contributed by atoms with E-state index in [1.807, 2.05) is 0 Å². The molecule has 0 spiro atoms. The van der Waals surface area contributed by atoms with Crippen LogP contribution in [-0.2, 0) is 4.74 Å². The van der Waals surface area contributed by atoms with E-state index in [0.29, 0.717) is 12.1 Å². The highest BCUT2D eigenvalue weighted by Crippen LogP contribution is 2.19. The Bertz CT molecular complexity index is 63.1. The molecule has 2 nitrogen and oxygen atoms in total. The zero-order valence-corrected chi connectivity index (χ0v) is 4.55. The van der Waals surface area contributed by atoms with Crippen molar-refractivity contribution in [3.63, 3.8) is 0 Å². The molecule has 0 radical (unpaired) electrons. The number of hydrogen-bond acceptors (Lipinski definition) is 2. The molecule has 2 atom stereocenters. The van der Waals surface area contributed by atoms with Crippen LogP contribution in [0.25, 0.3) is 0 Å². The molecule has 0 aliphatic heterocycles. The van der Waals surface area contributed by atoms with Gasteiger partial charge in [0, 0.05) is 13.2 Å². The molecular formula is C5H11NO. The first-order valence-corrected chi connectivity index (χ1v) is 2.63. The molecule has 2 heteroatoms. The largest absolute Gasteiger partial charge is 0.380 e. The summed E-state index contributed by atoms with van der Waals surface area (Å²) in [5, 5.41) is 0. The molecule has 0 aromatic heterocycles. The van der Waals surface area contributed by atoms with Gasteiger partial charge in [0.15, 0.2) is 0 Å². The summed E-state index contributed by atoms with van der Waals surface area (Å²) >= 11 is 0. The quantitative estimate of drug-likeness (QED) is 0.509. The van der Waals surface area contributed by atoms with Crippen LogP contribution in [0.5, 0.6) is 0 Å². The van der Waals surface area contributed by atoms with Crippen molar-refractivity contribution in [1.82, 2.24) is 0 Å². The Hall–Kier alpha value is -0.0800. The first-order chi connectivity index (χ1) is 3.34. The molecule has 0 saturated heterocycles. The van der Waals surface area contributed by atoms with E-state index in [1.54, 1.807) is 7.11 Å². The van der Waals surface area contributed by atoms with E-state index in [1.165, 1.54) is 0 Å². The molecule has 1 rings (SSSR count). The Balaban J connectivity index is 2.16.